The van der Waals surface area contributed by atoms with E-state index in [9.17, 15) is 4.79 Å². The van der Waals surface area contributed by atoms with Crippen molar-refractivity contribution in [3.8, 4) is 0 Å². The monoisotopic (exact) mass is 282 g/mol. The predicted octanol–water partition coefficient (Wildman–Crippen LogP) is 1.98. The van der Waals surface area contributed by atoms with Crippen molar-refractivity contribution in [2.45, 2.75) is 50.4 Å². The molecule has 0 aliphatic carbocycles. The highest BCUT2D eigenvalue weighted by atomic mass is 32.1. The number of esters is 1. The van der Waals surface area contributed by atoms with Gasteiger partial charge in [0.25, 0.3) is 0 Å². The Labute approximate surface area is 116 Å². The fraction of sp³-hybridized carbons (Fsp3) is 0.692. The van der Waals surface area contributed by atoms with Crippen LogP contribution in [0.3, 0.4) is 0 Å². The number of anilines is 1. The SMILES string of the molecule is COC(=O)CCc1csc(NC2CC3CCC2O3)n1. The summed E-state index contributed by atoms with van der Waals surface area (Å²) in [4.78, 5) is 15.6. The average molecular weight is 282 g/mol. The molecular weight excluding hydrogens is 264 g/mol. The summed E-state index contributed by atoms with van der Waals surface area (Å²) in [6.45, 7) is 0. The number of carbonyl (C=O) groups is 1. The quantitative estimate of drug-likeness (QED) is 0.837. The lowest BCUT2D eigenvalue weighted by atomic mass is 9.96. The molecule has 6 heteroatoms. The lowest BCUT2D eigenvalue weighted by Gasteiger charge is -2.19. The number of nitrogens with zero attached hydrogens (tertiary/aromatic N) is 1. The van der Waals surface area contributed by atoms with Gasteiger partial charge in [0.1, 0.15) is 0 Å². The molecule has 3 atom stereocenters. The van der Waals surface area contributed by atoms with E-state index in [0.717, 1.165) is 23.7 Å². The predicted molar refractivity (Wildman–Crippen MR) is 72.4 cm³/mol. The van der Waals surface area contributed by atoms with Gasteiger partial charge >= 0.3 is 5.97 Å². The Balaban J connectivity index is 1.52. The van der Waals surface area contributed by atoms with Crippen LogP contribution >= 0.6 is 11.3 Å². The van der Waals surface area contributed by atoms with E-state index in [2.05, 4.69) is 15.0 Å². The largest absolute Gasteiger partial charge is 0.469 e. The van der Waals surface area contributed by atoms with Crippen LogP contribution < -0.4 is 5.32 Å². The molecular formula is C13H18N2O3S. The van der Waals surface area contributed by atoms with Gasteiger partial charge in [0.15, 0.2) is 5.13 Å². The van der Waals surface area contributed by atoms with Crippen molar-refractivity contribution in [1.29, 1.82) is 0 Å². The second-order valence-electron chi connectivity index (χ2n) is 5.08. The van der Waals surface area contributed by atoms with Gasteiger partial charge in [-0.3, -0.25) is 4.79 Å². The van der Waals surface area contributed by atoms with Gasteiger partial charge in [0, 0.05) is 11.8 Å². The molecule has 3 unspecified atom stereocenters. The van der Waals surface area contributed by atoms with Crippen LogP contribution in [0.15, 0.2) is 5.38 Å². The first-order valence-electron chi connectivity index (χ1n) is 6.68. The van der Waals surface area contributed by atoms with Gasteiger partial charge in [-0.05, 0) is 19.3 Å². The molecule has 0 saturated carbocycles. The van der Waals surface area contributed by atoms with E-state index in [1.807, 2.05) is 5.38 Å². The molecule has 0 spiro atoms. The number of hydrogen-bond acceptors (Lipinski definition) is 6. The molecule has 1 aromatic heterocycles. The topological polar surface area (TPSA) is 60.5 Å². The smallest absolute Gasteiger partial charge is 0.305 e. The summed E-state index contributed by atoms with van der Waals surface area (Å²) in [6, 6.07) is 0.401. The minimum atomic E-state index is -0.191. The Morgan fingerprint density at radius 3 is 3.21 bits per heavy atom. The Kier molecular flexibility index (Phi) is 3.70. The van der Waals surface area contributed by atoms with Crippen LogP contribution in [0.5, 0.6) is 0 Å². The zero-order valence-corrected chi connectivity index (χ0v) is 11.7. The number of methoxy groups -OCH3 is 1. The van der Waals surface area contributed by atoms with Crippen LogP contribution in [-0.4, -0.2) is 36.3 Å². The second kappa shape index (κ2) is 5.46. The van der Waals surface area contributed by atoms with Crippen LogP contribution in [0.25, 0.3) is 0 Å². The van der Waals surface area contributed by atoms with E-state index >= 15 is 0 Å². The molecule has 1 aromatic rings. The lowest BCUT2D eigenvalue weighted by molar-refractivity contribution is -0.140. The fourth-order valence-corrected chi connectivity index (χ4v) is 3.58. The number of ether oxygens (including phenoxy) is 2. The van der Waals surface area contributed by atoms with Gasteiger partial charge in [0.05, 0.1) is 37.5 Å². The van der Waals surface area contributed by atoms with Crippen molar-refractivity contribution in [1.82, 2.24) is 4.98 Å². The summed E-state index contributed by atoms with van der Waals surface area (Å²) in [5.41, 5.74) is 0.946. The third kappa shape index (κ3) is 2.90. The van der Waals surface area contributed by atoms with Crippen molar-refractivity contribution < 1.29 is 14.3 Å². The number of hydrogen-bond donors (Lipinski definition) is 1. The van der Waals surface area contributed by atoms with E-state index in [-0.39, 0.29) is 5.97 Å². The van der Waals surface area contributed by atoms with Crippen LogP contribution in [0.1, 0.15) is 31.4 Å². The Morgan fingerprint density at radius 2 is 2.53 bits per heavy atom. The highest BCUT2D eigenvalue weighted by Crippen LogP contribution is 2.36. The Hall–Kier alpha value is -1.14. The summed E-state index contributed by atoms with van der Waals surface area (Å²) < 4.78 is 10.4. The van der Waals surface area contributed by atoms with Crippen LogP contribution in [-0.2, 0) is 20.7 Å². The van der Waals surface area contributed by atoms with Crippen molar-refractivity contribution in [3.63, 3.8) is 0 Å². The van der Waals surface area contributed by atoms with Crippen LogP contribution in [0, 0.1) is 0 Å². The number of fused-ring (bicyclic) bond motifs is 2. The standard InChI is InChI=1S/C13H18N2O3S/c1-17-12(16)5-2-8-7-19-13(14-8)15-10-6-9-3-4-11(10)18-9/h7,9-11H,2-6H2,1H3,(H,14,15). The van der Waals surface area contributed by atoms with Crippen LogP contribution in [0.4, 0.5) is 5.13 Å². The van der Waals surface area contributed by atoms with Gasteiger partial charge in [-0.1, -0.05) is 0 Å². The fourth-order valence-electron chi connectivity index (χ4n) is 2.77. The molecule has 2 aliphatic heterocycles. The van der Waals surface area contributed by atoms with E-state index in [4.69, 9.17) is 4.74 Å². The number of aryl methyl sites for hydroxylation is 1. The summed E-state index contributed by atoms with van der Waals surface area (Å²) in [5.74, 6) is -0.191. The molecule has 104 valence electrons. The number of aromatic nitrogens is 1. The molecule has 19 heavy (non-hydrogen) atoms. The highest BCUT2D eigenvalue weighted by Gasteiger charge is 2.40. The number of carbonyl (C=O) groups excluding carboxylic acids is 1. The summed E-state index contributed by atoms with van der Waals surface area (Å²) in [5, 5.41) is 6.39. The molecule has 1 N–H and O–H groups in total. The summed E-state index contributed by atoms with van der Waals surface area (Å²) in [7, 11) is 1.41. The molecule has 2 aliphatic rings. The van der Waals surface area contributed by atoms with Crippen molar-refractivity contribution in [2.24, 2.45) is 0 Å². The molecule has 2 saturated heterocycles. The minimum Gasteiger partial charge on any atom is -0.469 e. The average Bonchev–Trinajstić information content (AvgIpc) is 3.12. The van der Waals surface area contributed by atoms with E-state index in [1.54, 1.807) is 11.3 Å². The first-order valence-corrected chi connectivity index (χ1v) is 7.56. The molecule has 2 bridgehead atoms. The zero-order chi connectivity index (χ0) is 13.2. The van der Waals surface area contributed by atoms with Gasteiger partial charge in [0.2, 0.25) is 0 Å². The maximum atomic E-state index is 11.1. The van der Waals surface area contributed by atoms with Gasteiger partial charge < -0.3 is 14.8 Å². The van der Waals surface area contributed by atoms with Crippen LogP contribution in [0.2, 0.25) is 0 Å². The van der Waals surface area contributed by atoms with E-state index < -0.39 is 0 Å². The first-order chi connectivity index (χ1) is 9.24. The normalized spacial score (nSPS) is 28.6. The van der Waals surface area contributed by atoms with Gasteiger partial charge in [-0.2, -0.15) is 0 Å². The van der Waals surface area contributed by atoms with E-state index in [1.165, 1.54) is 13.5 Å². The minimum absolute atomic E-state index is 0.191. The molecule has 0 amide bonds. The highest BCUT2D eigenvalue weighted by molar-refractivity contribution is 7.13. The van der Waals surface area contributed by atoms with Crippen molar-refractivity contribution in [3.05, 3.63) is 11.1 Å². The molecule has 3 heterocycles. The number of rotatable bonds is 5. The number of nitrogens with one attached hydrogen (secondary N) is 1. The molecule has 0 radical (unpaired) electrons. The third-order valence-electron chi connectivity index (χ3n) is 3.78. The summed E-state index contributed by atoms with van der Waals surface area (Å²) >= 11 is 1.59. The Morgan fingerprint density at radius 1 is 1.63 bits per heavy atom. The van der Waals surface area contributed by atoms with Crippen molar-refractivity contribution >= 4 is 22.4 Å². The maximum absolute atomic E-state index is 11.1. The van der Waals surface area contributed by atoms with Gasteiger partial charge in [-0.15, -0.1) is 11.3 Å². The molecule has 0 aromatic carbocycles. The lowest BCUT2D eigenvalue weighted by Crippen LogP contribution is -2.30. The van der Waals surface area contributed by atoms with E-state index in [0.29, 0.717) is 31.1 Å². The first kappa shape index (κ1) is 12.9. The Bertz CT molecular complexity index is 462. The zero-order valence-electron chi connectivity index (χ0n) is 10.9. The van der Waals surface area contributed by atoms with Crippen molar-refractivity contribution in [2.75, 3.05) is 12.4 Å². The molecule has 5 nitrogen and oxygen atoms in total. The molecule has 2 fully saturated rings. The third-order valence-corrected chi connectivity index (χ3v) is 4.60. The summed E-state index contributed by atoms with van der Waals surface area (Å²) in [6.07, 6.45) is 5.26. The molecule has 3 rings (SSSR count). The van der Waals surface area contributed by atoms with Gasteiger partial charge in [-0.25, -0.2) is 4.98 Å². The maximum Gasteiger partial charge on any atom is 0.305 e. The number of thiazole rings is 1. The second-order valence-corrected chi connectivity index (χ2v) is 5.94.